The second kappa shape index (κ2) is 4.51. The molecule has 0 atom stereocenters. The Kier molecular flexibility index (Phi) is 3.55. The molecule has 0 aliphatic carbocycles. The first-order chi connectivity index (χ1) is 6.91. The van der Waals surface area contributed by atoms with E-state index in [2.05, 4.69) is 64.6 Å². The first-order valence-electron chi connectivity index (χ1n) is 5.41. The monoisotopic (exact) mass is 200 g/mol. The van der Waals surface area contributed by atoms with Crippen molar-refractivity contribution < 1.29 is 0 Å². The number of hydrogen-bond donors (Lipinski definition) is 0. The largest absolute Gasteiger partial charge is 0.118 e. The lowest BCUT2D eigenvalue weighted by atomic mass is 9.87. The third kappa shape index (κ3) is 3.42. The van der Waals surface area contributed by atoms with Crippen LogP contribution in [0.15, 0.2) is 41.6 Å². The molecule has 0 amide bonds. The van der Waals surface area contributed by atoms with Crippen LogP contribution in [0.2, 0.25) is 0 Å². The Hall–Kier alpha value is -1.26. The second-order valence-corrected chi connectivity index (χ2v) is 4.99. The van der Waals surface area contributed by atoms with Crippen molar-refractivity contribution in [2.45, 2.75) is 34.6 Å². The standard InChI is InChI=1S/C15H20/c1-12(11-13(2)15(3,4)5)14-9-7-6-8-10-14/h6-10H,1-5H3. The van der Waals surface area contributed by atoms with Gasteiger partial charge in [-0.15, -0.1) is 5.73 Å². The predicted molar refractivity (Wildman–Crippen MR) is 67.7 cm³/mol. The fraction of sp³-hybridized carbons (Fsp3) is 0.400. The molecule has 1 aromatic rings. The fourth-order valence-electron chi connectivity index (χ4n) is 1.23. The van der Waals surface area contributed by atoms with E-state index in [1.165, 1.54) is 16.7 Å². The van der Waals surface area contributed by atoms with Crippen LogP contribution in [0.4, 0.5) is 0 Å². The van der Waals surface area contributed by atoms with Crippen LogP contribution in [0.25, 0.3) is 5.57 Å². The van der Waals surface area contributed by atoms with Crippen LogP contribution in [0.3, 0.4) is 0 Å². The van der Waals surface area contributed by atoms with Crippen molar-refractivity contribution in [2.75, 3.05) is 0 Å². The molecule has 0 N–H and O–H groups in total. The minimum Gasteiger partial charge on any atom is -0.118 e. The Bertz CT molecular complexity index is 382. The first kappa shape index (κ1) is 11.8. The Balaban J connectivity index is 3.15. The van der Waals surface area contributed by atoms with Gasteiger partial charge in [0.15, 0.2) is 0 Å². The molecule has 15 heavy (non-hydrogen) atoms. The molecule has 0 heterocycles. The molecule has 0 aliphatic heterocycles. The maximum absolute atomic E-state index is 3.47. The third-order valence-corrected chi connectivity index (χ3v) is 2.71. The van der Waals surface area contributed by atoms with Gasteiger partial charge in [0.2, 0.25) is 0 Å². The van der Waals surface area contributed by atoms with E-state index < -0.39 is 0 Å². The number of hydrogen-bond acceptors (Lipinski definition) is 0. The summed E-state index contributed by atoms with van der Waals surface area (Å²) in [5.41, 5.74) is 7.43. The van der Waals surface area contributed by atoms with Crippen molar-refractivity contribution in [1.82, 2.24) is 0 Å². The molecule has 0 nitrogen and oxygen atoms in total. The molecule has 1 rings (SSSR count). The molecule has 0 fully saturated rings. The van der Waals surface area contributed by atoms with Gasteiger partial charge in [-0.2, -0.15) is 0 Å². The van der Waals surface area contributed by atoms with E-state index in [1.54, 1.807) is 0 Å². The van der Waals surface area contributed by atoms with Crippen LogP contribution in [-0.4, -0.2) is 0 Å². The molecule has 0 aromatic heterocycles. The summed E-state index contributed by atoms with van der Waals surface area (Å²) in [4.78, 5) is 0. The Labute approximate surface area is 93.3 Å². The van der Waals surface area contributed by atoms with E-state index >= 15 is 0 Å². The van der Waals surface area contributed by atoms with Crippen LogP contribution >= 0.6 is 0 Å². The summed E-state index contributed by atoms with van der Waals surface area (Å²) in [6.45, 7) is 10.9. The van der Waals surface area contributed by atoms with Gasteiger partial charge in [0.1, 0.15) is 0 Å². The van der Waals surface area contributed by atoms with Crippen LogP contribution in [0.1, 0.15) is 40.2 Å². The van der Waals surface area contributed by atoms with Crippen LogP contribution in [-0.2, 0) is 0 Å². The zero-order valence-corrected chi connectivity index (χ0v) is 10.4. The van der Waals surface area contributed by atoms with Crippen molar-refractivity contribution in [2.24, 2.45) is 5.41 Å². The van der Waals surface area contributed by atoms with E-state index in [1.807, 2.05) is 6.07 Å². The van der Waals surface area contributed by atoms with E-state index in [4.69, 9.17) is 0 Å². The summed E-state index contributed by atoms with van der Waals surface area (Å²) in [6, 6.07) is 10.4. The summed E-state index contributed by atoms with van der Waals surface area (Å²) < 4.78 is 0. The van der Waals surface area contributed by atoms with Crippen LogP contribution < -0.4 is 0 Å². The molecule has 0 radical (unpaired) electrons. The lowest BCUT2D eigenvalue weighted by molar-refractivity contribution is 0.505. The normalized spacial score (nSPS) is 10.7. The van der Waals surface area contributed by atoms with Crippen molar-refractivity contribution in [1.29, 1.82) is 0 Å². The topological polar surface area (TPSA) is 0 Å². The number of allylic oxidation sites excluding steroid dienone is 1. The van der Waals surface area contributed by atoms with E-state index in [0.717, 1.165) is 0 Å². The van der Waals surface area contributed by atoms with Crippen molar-refractivity contribution in [3.8, 4) is 0 Å². The highest BCUT2D eigenvalue weighted by molar-refractivity contribution is 5.63. The van der Waals surface area contributed by atoms with Gasteiger partial charge in [0, 0.05) is 0 Å². The van der Waals surface area contributed by atoms with Gasteiger partial charge in [0.25, 0.3) is 0 Å². The SMILES string of the molecule is CC(=C=C(C)C(C)(C)C)c1ccccc1. The fourth-order valence-corrected chi connectivity index (χ4v) is 1.23. The summed E-state index contributed by atoms with van der Waals surface area (Å²) in [5.74, 6) is 0. The summed E-state index contributed by atoms with van der Waals surface area (Å²) >= 11 is 0. The van der Waals surface area contributed by atoms with Gasteiger partial charge >= 0.3 is 0 Å². The third-order valence-electron chi connectivity index (χ3n) is 2.71. The van der Waals surface area contributed by atoms with Gasteiger partial charge < -0.3 is 0 Å². The zero-order valence-electron chi connectivity index (χ0n) is 10.4. The van der Waals surface area contributed by atoms with E-state index in [-0.39, 0.29) is 5.41 Å². The maximum Gasteiger partial charge on any atom is -0.00194 e. The summed E-state index contributed by atoms with van der Waals surface area (Å²) in [5, 5.41) is 0. The molecule has 0 bridgehead atoms. The quantitative estimate of drug-likeness (QED) is 0.577. The molecular formula is C15H20. The highest BCUT2D eigenvalue weighted by atomic mass is 14.2. The molecule has 0 saturated carbocycles. The highest BCUT2D eigenvalue weighted by Gasteiger charge is 2.11. The van der Waals surface area contributed by atoms with E-state index in [0.29, 0.717) is 0 Å². The zero-order chi connectivity index (χ0) is 11.5. The van der Waals surface area contributed by atoms with Crippen molar-refractivity contribution >= 4 is 5.57 Å². The summed E-state index contributed by atoms with van der Waals surface area (Å²) in [6.07, 6.45) is 0. The molecule has 0 heteroatoms. The van der Waals surface area contributed by atoms with Gasteiger partial charge in [-0.1, -0.05) is 51.1 Å². The predicted octanol–water partition coefficient (Wildman–Crippen LogP) is 4.68. The lowest BCUT2D eigenvalue weighted by Gasteiger charge is -2.17. The molecule has 0 spiro atoms. The molecule has 0 saturated heterocycles. The Morgan fingerprint density at radius 1 is 1.00 bits per heavy atom. The molecule has 0 unspecified atom stereocenters. The first-order valence-corrected chi connectivity index (χ1v) is 5.41. The van der Waals surface area contributed by atoms with E-state index in [9.17, 15) is 0 Å². The van der Waals surface area contributed by atoms with Gasteiger partial charge in [-0.05, 0) is 36.0 Å². The van der Waals surface area contributed by atoms with Gasteiger partial charge in [-0.25, -0.2) is 0 Å². The summed E-state index contributed by atoms with van der Waals surface area (Å²) in [7, 11) is 0. The second-order valence-electron chi connectivity index (χ2n) is 4.99. The van der Waals surface area contributed by atoms with Crippen LogP contribution in [0, 0.1) is 5.41 Å². The average Bonchev–Trinajstić information content (AvgIpc) is 2.17. The lowest BCUT2D eigenvalue weighted by Crippen LogP contribution is -2.05. The van der Waals surface area contributed by atoms with Gasteiger partial charge in [-0.3, -0.25) is 0 Å². The molecular weight excluding hydrogens is 180 g/mol. The maximum atomic E-state index is 3.47. The Morgan fingerprint density at radius 2 is 1.53 bits per heavy atom. The number of rotatable bonds is 1. The average molecular weight is 200 g/mol. The number of benzene rings is 1. The molecule has 0 aliphatic rings. The minimum absolute atomic E-state index is 0.204. The van der Waals surface area contributed by atoms with Gasteiger partial charge in [0.05, 0.1) is 0 Å². The van der Waals surface area contributed by atoms with Crippen molar-refractivity contribution in [3.05, 3.63) is 47.2 Å². The Morgan fingerprint density at radius 3 is 2.00 bits per heavy atom. The van der Waals surface area contributed by atoms with Crippen molar-refractivity contribution in [3.63, 3.8) is 0 Å². The minimum atomic E-state index is 0.204. The smallest absolute Gasteiger partial charge is 0.00194 e. The van der Waals surface area contributed by atoms with Crippen LogP contribution in [0.5, 0.6) is 0 Å². The highest BCUT2D eigenvalue weighted by Crippen LogP contribution is 2.24. The molecule has 80 valence electrons. The molecule has 1 aromatic carbocycles.